The third-order valence-corrected chi connectivity index (χ3v) is 2.76. The van der Waals surface area contributed by atoms with Gasteiger partial charge in [0.25, 0.3) is 0 Å². The summed E-state index contributed by atoms with van der Waals surface area (Å²) in [6.07, 6.45) is 0.668. The molecule has 0 bridgehead atoms. The minimum Gasteiger partial charge on any atom is -0.466 e. The largest absolute Gasteiger partial charge is 0.466 e. The van der Waals surface area contributed by atoms with Crippen molar-refractivity contribution in [3.63, 3.8) is 0 Å². The first-order valence-electron chi connectivity index (χ1n) is 6.08. The number of fused-ring (bicyclic) bond motifs is 1. The van der Waals surface area contributed by atoms with Crippen LogP contribution in [0.15, 0.2) is 33.5 Å². The Balaban J connectivity index is 2.32. The van der Waals surface area contributed by atoms with E-state index in [2.05, 4.69) is 0 Å². The molecule has 0 atom stereocenters. The number of ether oxygens (including phenoxy) is 1. The molecule has 0 aliphatic carbocycles. The van der Waals surface area contributed by atoms with Crippen LogP contribution in [0.2, 0.25) is 0 Å². The van der Waals surface area contributed by atoms with E-state index >= 15 is 0 Å². The number of carbonyl (C=O) groups excluding carboxylic acids is 1. The van der Waals surface area contributed by atoms with Crippen molar-refractivity contribution in [3.05, 3.63) is 40.2 Å². The highest BCUT2D eigenvalue weighted by molar-refractivity contribution is 5.83. The van der Waals surface area contributed by atoms with E-state index in [-0.39, 0.29) is 12.4 Å². The highest BCUT2D eigenvalue weighted by Gasteiger charge is 2.09. The van der Waals surface area contributed by atoms with Crippen LogP contribution < -0.4 is 11.4 Å². The molecule has 1 aromatic carbocycles. The van der Waals surface area contributed by atoms with Gasteiger partial charge in [-0.2, -0.15) is 0 Å². The molecule has 0 amide bonds. The summed E-state index contributed by atoms with van der Waals surface area (Å²) < 4.78 is 9.95. The minimum absolute atomic E-state index is 0.233. The van der Waals surface area contributed by atoms with Gasteiger partial charge in [0.1, 0.15) is 5.58 Å². The highest BCUT2D eigenvalue weighted by atomic mass is 16.5. The number of anilines is 1. The van der Waals surface area contributed by atoms with E-state index in [1.54, 1.807) is 25.1 Å². The van der Waals surface area contributed by atoms with Gasteiger partial charge in [0.05, 0.1) is 6.61 Å². The molecule has 0 spiro atoms. The van der Waals surface area contributed by atoms with Crippen LogP contribution in [-0.4, -0.2) is 12.6 Å². The second kappa shape index (κ2) is 5.56. The predicted octanol–water partition coefficient (Wildman–Crippen LogP) is 1.87. The normalized spacial score (nSPS) is 10.6. The Hall–Kier alpha value is -2.30. The van der Waals surface area contributed by atoms with Crippen LogP contribution in [0, 0.1) is 0 Å². The number of esters is 1. The molecule has 2 aromatic rings. The quantitative estimate of drug-likeness (QED) is 0.516. The molecule has 19 heavy (non-hydrogen) atoms. The monoisotopic (exact) mass is 261 g/mol. The van der Waals surface area contributed by atoms with Gasteiger partial charge in [-0.1, -0.05) is 0 Å². The van der Waals surface area contributed by atoms with Crippen molar-refractivity contribution in [1.82, 2.24) is 0 Å². The maximum Gasteiger partial charge on any atom is 0.336 e. The molecule has 5 heteroatoms. The average molecular weight is 261 g/mol. The maximum atomic E-state index is 11.5. The maximum absolute atomic E-state index is 11.5. The molecule has 0 saturated carbocycles. The summed E-state index contributed by atoms with van der Waals surface area (Å²) >= 11 is 0. The number of aryl methyl sites for hydroxylation is 1. The molecule has 0 radical (unpaired) electrons. The molecule has 0 aliphatic heterocycles. The van der Waals surface area contributed by atoms with E-state index in [4.69, 9.17) is 14.9 Å². The second-order valence-electron chi connectivity index (χ2n) is 4.15. The van der Waals surface area contributed by atoms with Gasteiger partial charge in [0, 0.05) is 29.6 Å². The zero-order valence-corrected chi connectivity index (χ0v) is 10.6. The number of benzene rings is 1. The van der Waals surface area contributed by atoms with Gasteiger partial charge in [0.15, 0.2) is 0 Å². The van der Waals surface area contributed by atoms with Gasteiger partial charge in [-0.25, -0.2) is 4.79 Å². The first-order valence-corrected chi connectivity index (χ1v) is 6.08. The summed E-state index contributed by atoms with van der Waals surface area (Å²) in [6.45, 7) is 2.11. The third kappa shape index (κ3) is 3.13. The number of rotatable bonds is 4. The standard InChI is InChI=1S/C14H15NO4/c1-2-18-13(16)6-3-9-7-14(17)19-12-8-10(15)4-5-11(9)12/h4-5,7-8H,2-3,6,15H2,1H3. The van der Waals surface area contributed by atoms with Gasteiger partial charge >= 0.3 is 11.6 Å². The van der Waals surface area contributed by atoms with E-state index in [0.29, 0.717) is 24.3 Å². The van der Waals surface area contributed by atoms with Crippen molar-refractivity contribution in [2.45, 2.75) is 19.8 Å². The Bertz CT molecular complexity index is 660. The van der Waals surface area contributed by atoms with Crippen LogP contribution in [-0.2, 0) is 16.0 Å². The van der Waals surface area contributed by atoms with Crippen LogP contribution in [0.5, 0.6) is 0 Å². The van der Waals surface area contributed by atoms with Crippen molar-refractivity contribution in [1.29, 1.82) is 0 Å². The van der Waals surface area contributed by atoms with Gasteiger partial charge in [-0.05, 0) is 31.0 Å². The molecule has 5 nitrogen and oxygen atoms in total. The number of hydrogen-bond donors (Lipinski definition) is 1. The van der Waals surface area contributed by atoms with Crippen molar-refractivity contribution in [3.8, 4) is 0 Å². The van der Waals surface area contributed by atoms with Crippen LogP contribution in [0.4, 0.5) is 5.69 Å². The fourth-order valence-electron chi connectivity index (χ4n) is 1.92. The predicted molar refractivity (Wildman–Crippen MR) is 71.9 cm³/mol. The lowest BCUT2D eigenvalue weighted by atomic mass is 10.1. The van der Waals surface area contributed by atoms with E-state index in [1.165, 1.54) is 6.07 Å². The van der Waals surface area contributed by atoms with Crippen LogP contribution in [0.25, 0.3) is 11.0 Å². The molecular weight excluding hydrogens is 246 g/mol. The zero-order valence-electron chi connectivity index (χ0n) is 10.6. The van der Waals surface area contributed by atoms with Gasteiger partial charge < -0.3 is 14.9 Å². The highest BCUT2D eigenvalue weighted by Crippen LogP contribution is 2.20. The Labute approximate surface area is 110 Å². The molecule has 0 saturated heterocycles. The van der Waals surface area contributed by atoms with E-state index < -0.39 is 5.63 Å². The second-order valence-corrected chi connectivity index (χ2v) is 4.15. The Morgan fingerprint density at radius 1 is 1.37 bits per heavy atom. The lowest BCUT2D eigenvalue weighted by Crippen LogP contribution is -2.07. The van der Waals surface area contributed by atoms with E-state index in [0.717, 1.165) is 10.9 Å². The number of carbonyl (C=O) groups is 1. The molecule has 100 valence electrons. The topological polar surface area (TPSA) is 82.5 Å². The van der Waals surface area contributed by atoms with Crippen molar-refractivity contribution < 1.29 is 13.9 Å². The summed E-state index contributed by atoms with van der Waals surface area (Å²) in [5.41, 5.74) is 6.93. The van der Waals surface area contributed by atoms with Gasteiger partial charge in [-0.15, -0.1) is 0 Å². The van der Waals surface area contributed by atoms with Crippen LogP contribution in [0.3, 0.4) is 0 Å². The smallest absolute Gasteiger partial charge is 0.336 e. The summed E-state index contributed by atoms with van der Waals surface area (Å²) in [5.74, 6) is -0.278. The lowest BCUT2D eigenvalue weighted by molar-refractivity contribution is -0.143. The fourth-order valence-corrected chi connectivity index (χ4v) is 1.92. The lowest BCUT2D eigenvalue weighted by Gasteiger charge is -2.06. The molecular formula is C14H15NO4. The SMILES string of the molecule is CCOC(=O)CCc1cc(=O)oc2cc(N)ccc12. The summed E-state index contributed by atoms with van der Waals surface area (Å²) in [7, 11) is 0. The van der Waals surface area contributed by atoms with Crippen molar-refractivity contribution >= 4 is 22.6 Å². The molecule has 0 unspecified atom stereocenters. The first kappa shape index (κ1) is 13.1. The average Bonchev–Trinajstić information content (AvgIpc) is 2.35. The number of hydrogen-bond acceptors (Lipinski definition) is 5. The van der Waals surface area contributed by atoms with Crippen LogP contribution >= 0.6 is 0 Å². The van der Waals surface area contributed by atoms with E-state index in [1.807, 2.05) is 0 Å². The molecule has 1 heterocycles. The van der Waals surface area contributed by atoms with Crippen LogP contribution in [0.1, 0.15) is 18.9 Å². The molecule has 0 fully saturated rings. The molecule has 1 aromatic heterocycles. The molecule has 0 aliphatic rings. The third-order valence-electron chi connectivity index (χ3n) is 2.76. The van der Waals surface area contributed by atoms with Gasteiger partial charge in [-0.3, -0.25) is 4.79 Å². The fraction of sp³-hybridized carbons (Fsp3) is 0.286. The van der Waals surface area contributed by atoms with E-state index in [9.17, 15) is 9.59 Å². The number of nitrogen functional groups attached to an aromatic ring is 1. The minimum atomic E-state index is -0.447. The zero-order chi connectivity index (χ0) is 13.8. The van der Waals surface area contributed by atoms with Crippen molar-refractivity contribution in [2.24, 2.45) is 0 Å². The Morgan fingerprint density at radius 2 is 2.16 bits per heavy atom. The van der Waals surface area contributed by atoms with Crippen molar-refractivity contribution in [2.75, 3.05) is 12.3 Å². The first-order chi connectivity index (χ1) is 9.10. The Morgan fingerprint density at radius 3 is 2.89 bits per heavy atom. The van der Waals surface area contributed by atoms with Gasteiger partial charge in [0.2, 0.25) is 0 Å². The number of nitrogens with two attached hydrogens (primary N) is 1. The summed E-state index contributed by atoms with van der Waals surface area (Å²) in [4.78, 5) is 22.8. The summed E-state index contributed by atoms with van der Waals surface area (Å²) in [5, 5.41) is 0.790. The summed E-state index contributed by atoms with van der Waals surface area (Å²) in [6, 6.07) is 6.52. The molecule has 2 N–H and O–H groups in total. The molecule has 2 rings (SSSR count). The Kier molecular flexibility index (Phi) is 3.85.